The summed E-state index contributed by atoms with van der Waals surface area (Å²) in [5.74, 6) is 0.544. The van der Waals surface area contributed by atoms with Gasteiger partial charge in [-0.25, -0.2) is 4.98 Å². The van der Waals surface area contributed by atoms with E-state index in [1.807, 2.05) is 0 Å². The van der Waals surface area contributed by atoms with Crippen LogP contribution in [0.5, 0.6) is 11.5 Å². The molecular formula is C19H21N3O4. The van der Waals surface area contributed by atoms with E-state index < -0.39 is 5.91 Å². The number of rotatable bonds is 7. The summed E-state index contributed by atoms with van der Waals surface area (Å²) in [6.07, 6.45) is 3.07. The molecular weight excluding hydrogens is 334 g/mol. The number of hydrogen-bond donors (Lipinski definition) is 2. The molecule has 1 aromatic carbocycles. The Morgan fingerprint density at radius 3 is 2.62 bits per heavy atom. The summed E-state index contributed by atoms with van der Waals surface area (Å²) >= 11 is 0. The molecule has 1 aliphatic heterocycles. The molecule has 0 aliphatic carbocycles. The van der Waals surface area contributed by atoms with Gasteiger partial charge in [0.1, 0.15) is 11.4 Å². The third-order valence-corrected chi connectivity index (χ3v) is 3.91. The second kappa shape index (κ2) is 8.33. The highest BCUT2D eigenvalue weighted by Gasteiger charge is 2.16. The Morgan fingerprint density at radius 2 is 1.81 bits per heavy atom. The Labute approximate surface area is 151 Å². The maximum Gasteiger partial charge on any atom is 0.274 e. The maximum atomic E-state index is 12.4. The standard InChI is InChI=1S/C19H21N3O4/c1-2-3-4-10-20-18(23)14-6-5-7-15(22-14)19(24)21-13-8-9-16-17(11-13)26-12-25-16/h5-9,11H,2-4,10,12H2,1H3,(H,20,23)(H,21,24). The van der Waals surface area contributed by atoms with Gasteiger partial charge < -0.3 is 20.1 Å². The number of fused-ring (bicyclic) bond motifs is 1. The number of carbonyl (C=O) groups is 2. The lowest BCUT2D eigenvalue weighted by molar-refractivity contribution is 0.0947. The largest absolute Gasteiger partial charge is 0.454 e. The van der Waals surface area contributed by atoms with Crippen LogP contribution in [0.2, 0.25) is 0 Å². The van der Waals surface area contributed by atoms with Gasteiger partial charge in [0.05, 0.1) is 0 Å². The van der Waals surface area contributed by atoms with E-state index in [1.54, 1.807) is 36.4 Å². The molecule has 0 radical (unpaired) electrons. The first-order chi connectivity index (χ1) is 12.7. The van der Waals surface area contributed by atoms with Crippen molar-refractivity contribution in [2.75, 3.05) is 18.7 Å². The van der Waals surface area contributed by atoms with Gasteiger partial charge in [0, 0.05) is 18.3 Å². The lowest BCUT2D eigenvalue weighted by Crippen LogP contribution is -2.26. The van der Waals surface area contributed by atoms with Gasteiger partial charge >= 0.3 is 0 Å². The Kier molecular flexibility index (Phi) is 5.68. The van der Waals surface area contributed by atoms with Gasteiger partial charge in [-0.1, -0.05) is 25.8 Å². The highest BCUT2D eigenvalue weighted by Crippen LogP contribution is 2.34. The molecule has 7 nitrogen and oxygen atoms in total. The van der Waals surface area contributed by atoms with Crippen LogP contribution in [0.15, 0.2) is 36.4 Å². The van der Waals surface area contributed by atoms with Crippen molar-refractivity contribution < 1.29 is 19.1 Å². The number of unbranched alkanes of at least 4 members (excludes halogenated alkanes) is 2. The van der Waals surface area contributed by atoms with Crippen molar-refractivity contribution >= 4 is 17.5 Å². The van der Waals surface area contributed by atoms with Crippen LogP contribution in [-0.4, -0.2) is 30.1 Å². The minimum Gasteiger partial charge on any atom is -0.454 e. The fourth-order valence-corrected chi connectivity index (χ4v) is 2.52. The number of ether oxygens (including phenoxy) is 2. The summed E-state index contributed by atoms with van der Waals surface area (Å²) in [7, 11) is 0. The predicted molar refractivity (Wildman–Crippen MR) is 96.6 cm³/mol. The van der Waals surface area contributed by atoms with E-state index >= 15 is 0 Å². The highest BCUT2D eigenvalue weighted by molar-refractivity contribution is 6.04. The average Bonchev–Trinajstić information content (AvgIpc) is 3.13. The number of carbonyl (C=O) groups excluding carboxylic acids is 2. The molecule has 26 heavy (non-hydrogen) atoms. The summed E-state index contributed by atoms with van der Waals surface area (Å²) in [6, 6.07) is 9.93. The van der Waals surface area contributed by atoms with Crippen LogP contribution < -0.4 is 20.1 Å². The summed E-state index contributed by atoms with van der Waals surface area (Å²) in [5.41, 5.74) is 0.958. The van der Waals surface area contributed by atoms with Gasteiger partial charge in [-0.15, -0.1) is 0 Å². The van der Waals surface area contributed by atoms with Crippen LogP contribution in [0.1, 0.15) is 47.2 Å². The van der Waals surface area contributed by atoms with E-state index in [-0.39, 0.29) is 24.1 Å². The summed E-state index contributed by atoms with van der Waals surface area (Å²) in [6.45, 7) is 2.87. The number of anilines is 1. The number of hydrogen-bond acceptors (Lipinski definition) is 5. The van der Waals surface area contributed by atoms with Crippen molar-refractivity contribution in [2.45, 2.75) is 26.2 Å². The number of pyridine rings is 1. The highest BCUT2D eigenvalue weighted by atomic mass is 16.7. The molecule has 7 heteroatoms. The quantitative estimate of drug-likeness (QED) is 0.745. The fourth-order valence-electron chi connectivity index (χ4n) is 2.52. The van der Waals surface area contributed by atoms with E-state index in [9.17, 15) is 9.59 Å². The third kappa shape index (κ3) is 4.30. The molecule has 0 saturated carbocycles. The molecule has 1 aliphatic rings. The topological polar surface area (TPSA) is 89.6 Å². The number of aromatic nitrogens is 1. The average molecular weight is 355 g/mol. The lowest BCUT2D eigenvalue weighted by atomic mass is 10.2. The summed E-state index contributed by atoms with van der Waals surface area (Å²) < 4.78 is 10.5. The normalized spacial score (nSPS) is 11.9. The Morgan fingerprint density at radius 1 is 1.04 bits per heavy atom. The third-order valence-electron chi connectivity index (χ3n) is 3.91. The first kappa shape index (κ1) is 17.7. The number of nitrogens with one attached hydrogen (secondary N) is 2. The van der Waals surface area contributed by atoms with Gasteiger partial charge in [-0.05, 0) is 30.7 Å². The molecule has 2 amide bonds. The minimum absolute atomic E-state index is 0.170. The van der Waals surface area contributed by atoms with Crippen molar-refractivity contribution in [2.24, 2.45) is 0 Å². The van der Waals surface area contributed by atoms with Crippen LogP contribution in [0, 0.1) is 0 Å². The molecule has 0 fully saturated rings. The number of nitrogens with zero attached hydrogens (tertiary/aromatic N) is 1. The fraction of sp³-hybridized carbons (Fsp3) is 0.316. The monoisotopic (exact) mass is 355 g/mol. The van der Waals surface area contributed by atoms with Crippen molar-refractivity contribution in [1.29, 1.82) is 0 Å². The van der Waals surface area contributed by atoms with Gasteiger partial charge in [-0.3, -0.25) is 9.59 Å². The zero-order chi connectivity index (χ0) is 18.4. The SMILES string of the molecule is CCCCCNC(=O)c1cccc(C(=O)Nc2ccc3c(c2)OCO3)n1. The summed E-state index contributed by atoms with van der Waals surface area (Å²) in [4.78, 5) is 28.7. The Hall–Kier alpha value is -3.09. The molecule has 0 atom stereocenters. The van der Waals surface area contributed by atoms with Crippen LogP contribution >= 0.6 is 0 Å². The Bertz CT molecular complexity index is 807. The van der Waals surface area contributed by atoms with Crippen LogP contribution in [0.4, 0.5) is 5.69 Å². The van der Waals surface area contributed by atoms with Crippen molar-refractivity contribution in [3.05, 3.63) is 47.8 Å². The van der Waals surface area contributed by atoms with Crippen molar-refractivity contribution in [3.8, 4) is 11.5 Å². The first-order valence-corrected chi connectivity index (χ1v) is 8.63. The summed E-state index contributed by atoms with van der Waals surface area (Å²) in [5, 5.41) is 5.56. The predicted octanol–water partition coefficient (Wildman–Crippen LogP) is 2.98. The second-order valence-corrected chi connectivity index (χ2v) is 5.89. The van der Waals surface area contributed by atoms with Crippen LogP contribution in [0.3, 0.4) is 0 Å². The molecule has 3 rings (SSSR count). The molecule has 0 unspecified atom stereocenters. The van der Waals surface area contributed by atoms with Crippen LogP contribution in [-0.2, 0) is 0 Å². The molecule has 0 spiro atoms. The molecule has 2 N–H and O–H groups in total. The van der Waals surface area contributed by atoms with E-state index in [1.165, 1.54) is 0 Å². The number of benzene rings is 1. The zero-order valence-corrected chi connectivity index (χ0v) is 14.6. The lowest BCUT2D eigenvalue weighted by Gasteiger charge is -2.08. The van der Waals surface area contributed by atoms with Gasteiger partial charge in [0.25, 0.3) is 11.8 Å². The van der Waals surface area contributed by atoms with Crippen molar-refractivity contribution in [1.82, 2.24) is 10.3 Å². The molecule has 0 saturated heterocycles. The van der Waals surface area contributed by atoms with E-state index in [4.69, 9.17) is 9.47 Å². The van der Waals surface area contributed by atoms with Gasteiger partial charge in [0.15, 0.2) is 11.5 Å². The first-order valence-electron chi connectivity index (χ1n) is 8.63. The molecule has 0 bridgehead atoms. The molecule has 136 valence electrons. The smallest absolute Gasteiger partial charge is 0.274 e. The van der Waals surface area contributed by atoms with Crippen molar-refractivity contribution in [3.63, 3.8) is 0 Å². The van der Waals surface area contributed by atoms with Gasteiger partial charge in [0.2, 0.25) is 6.79 Å². The maximum absolute atomic E-state index is 12.4. The second-order valence-electron chi connectivity index (χ2n) is 5.89. The number of amides is 2. The molecule has 1 aromatic heterocycles. The van der Waals surface area contributed by atoms with E-state index in [0.29, 0.717) is 23.7 Å². The zero-order valence-electron chi connectivity index (χ0n) is 14.6. The minimum atomic E-state index is -0.399. The van der Waals surface area contributed by atoms with E-state index in [0.717, 1.165) is 19.3 Å². The van der Waals surface area contributed by atoms with E-state index in [2.05, 4.69) is 22.5 Å². The molecule has 2 aromatic rings. The van der Waals surface area contributed by atoms with Gasteiger partial charge in [-0.2, -0.15) is 0 Å². The molecule has 2 heterocycles. The Balaban J connectivity index is 1.63. The van der Waals surface area contributed by atoms with Crippen LogP contribution in [0.25, 0.3) is 0 Å².